The molecule has 0 spiro atoms. The highest BCUT2D eigenvalue weighted by Crippen LogP contribution is 2.35. The third kappa shape index (κ3) is 3.66. The molecule has 2 rings (SSSR count). The van der Waals surface area contributed by atoms with E-state index in [0.717, 1.165) is 10.0 Å². The first-order valence-corrected chi connectivity index (χ1v) is 7.15. The Labute approximate surface area is 131 Å². The molecule has 0 aliphatic heterocycles. The molecular weight excluding hydrogens is 344 g/mol. The van der Waals surface area contributed by atoms with Gasteiger partial charge >= 0.3 is 0 Å². The molecule has 2 aromatic rings. The van der Waals surface area contributed by atoms with E-state index in [9.17, 15) is 5.11 Å². The highest BCUT2D eigenvalue weighted by Gasteiger charge is 2.12. The van der Waals surface area contributed by atoms with Crippen molar-refractivity contribution in [2.75, 3.05) is 7.11 Å². The molecule has 0 amide bonds. The van der Waals surface area contributed by atoms with Crippen LogP contribution in [0.25, 0.3) is 0 Å². The second-order valence-corrected chi connectivity index (χ2v) is 5.52. The molecule has 0 fully saturated rings. The first-order valence-electron chi connectivity index (χ1n) is 5.98. The summed E-state index contributed by atoms with van der Waals surface area (Å²) >= 11 is 9.35. The number of benzene rings is 2. The average molecular weight is 358 g/mol. The Bertz CT molecular complexity index is 559. The summed E-state index contributed by atoms with van der Waals surface area (Å²) in [6.45, 7) is 0.227. The lowest BCUT2D eigenvalue weighted by molar-refractivity contribution is 0.250. The van der Waals surface area contributed by atoms with Crippen molar-refractivity contribution in [3.05, 3.63) is 57.0 Å². The molecule has 0 aromatic heterocycles. The number of aliphatic hydroxyl groups is 1. The predicted octanol–water partition coefficient (Wildman–Crippen LogP) is 4.18. The molecular formula is C15H14BrClO3. The van der Waals surface area contributed by atoms with E-state index in [1.165, 1.54) is 0 Å². The fourth-order valence-corrected chi connectivity index (χ4v) is 2.29. The van der Waals surface area contributed by atoms with E-state index in [-0.39, 0.29) is 6.61 Å². The summed E-state index contributed by atoms with van der Waals surface area (Å²) in [5.41, 5.74) is 1.63. The highest BCUT2D eigenvalue weighted by molar-refractivity contribution is 9.10. The molecule has 0 unspecified atom stereocenters. The monoisotopic (exact) mass is 356 g/mol. The Balaban J connectivity index is 2.21. The lowest BCUT2D eigenvalue weighted by Crippen LogP contribution is -2.01. The van der Waals surface area contributed by atoms with Gasteiger partial charge in [0.1, 0.15) is 6.61 Å². The summed E-state index contributed by atoms with van der Waals surface area (Å²) in [6, 6.07) is 11.2. The zero-order chi connectivity index (χ0) is 14.5. The van der Waals surface area contributed by atoms with Gasteiger partial charge in [-0.05, 0) is 23.8 Å². The number of ether oxygens (including phenoxy) is 2. The van der Waals surface area contributed by atoms with Gasteiger partial charge in [0.05, 0.1) is 13.7 Å². The van der Waals surface area contributed by atoms with Gasteiger partial charge in [-0.15, -0.1) is 0 Å². The van der Waals surface area contributed by atoms with Crippen LogP contribution in [-0.2, 0) is 13.2 Å². The van der Waals surface area contributed by atoms with Gasteiger partial charge in [-0.2, -0.15) is 0 Å². The van der Waals surface area contributed by atoms with E-state index in [1.807, 2.05) is 24.3 Å². The fourth-order valence-electron chi connectivity index (χ4n) is 1.79. The molecule has 0 atom stereocenters. The number of aliphatic hydroxyl groups excluding tert-OH is 1. The van der Waals surface area contributed by atoms with Crippen molar-refractivity contribution in [2.24, 2.45) is 0 Å². The first kappa shape index (κ1) is 15.2. The molecule has 0 aliphatic carbocycles. The Hall–Kier alpha value is -1.23. The average Bonchev–Trinajstić information content (AvgIpc) is 2.46. The summed E-state index contributed by atoms with van der Waals surface area (Å²) in [5, 5.41) is 9.90. The molecule has 0 bridgehead atoms. The predicted molar refractivity (Wildman–Crippen MR) is 82.4 cm³/mol. The Morgan fingerprint density at radius 2 is 1.90 bits per heavy atom. The van der Waals surface area contributed by atoms with E-state index < -0.39 is 0 Å². The van der Waals surface area contributed by atoms with Crippen LogP contribution in [0.2, 0.25) is 5.02 Å². The minimum Gasteiger partial charge on any atom is -0.493 e. The summed E-state index contributed by atoms with van der Waals surface area (Å²) in [7, 11) is 1.54. The second kappa shape index (κ2) is 6.97. The summed E-state index contributed by atoms with van der Waals surface area (Å²) in [6.07, 6.45) is 0. The van der Waals surface area contributed by atoms with Crippen molar-refractivity contribution in [3.8, 4) is 11.5 Å². The maximum Gasteiger partial charge on any atom is 0.167 e. The van der Waals surface area contributed by atoms with Crippen molar-refractivity contribution in [2.45, 2.75) is 13.2 Å². The number of hydrogen-bond acceptors (Lipinski definition) is 3. The van der Waals surface area contributed by atoms with Crippen LogP contribution in [-0.4, -0.2) is 12.2 Å². The summed E-state index contributed by atoms with van der Waals surface area (Å²) < 4.78 is 12.0. The molecule has 0 heterocycles. The minimum atomic E-state index is -0.160. The van der Waals surface area contributed by atoms with E-state index in [1.54, 1.807) is 19.2 Å². The third-order valence-corrected chi connectivity index (χ3v) is 3.53. The standard InChI is InChI=1S/C15H14BrClO3/c1-19-14-7-13(17)6-11(8-18)15(14)20-9-10-2-4-12(16)5-3-10/h2-7,18H,8-9H2,1H3. The fraction of sp³-hybridized carbons (Fsp3) is 0.200. The van der Waals surface area contributed by atoms with Gasteiger partial charge in [0.25, 0.3) is 0 Å². The SMILES string of the molecule is COc1cc(Cl)cc(CO)c1OCc1ccc(Br)cc1. The molecule has 0 radical (unpaired) electrons. The Morgan fingerprint density at radius 3 is 2.50 bits per heavy atom. The van der Waals surface area contributed by atoms with Gasteiger partial charge in [-0.1, -0.05) is 39.7 Å². The van der Waals surface area contributed by atoms with Gasteiger partial charge in [0.2, 0.25) is 0 Å². The zero-order valence-electron chi connectivity index (χ0n) is 10.9. The van der Waals surface area contributed by atoms with Gasteiger partial charge in [0.15, 0.2) is 11.5 Å². The van der Waals surface area contributed by atoms with E-state index in [2.05, 4.69) is 15.9 Å². The maximum absolute atomic E-state index is 9.40. The molecule has 0 saturated carbocycles. The van der Waals surface area contributed by atoms with Crippen molar-refractivity contribution in [1.82, 2.24) is 0 Å². The Kier molecular flexibility index (Phi) is 5.29. The molecule has 20 heavy (non-hydrogen) atoms. The maximum atomic E-state index is 9.40. The second-order valence-electron chi connectivity index (χ2n) is 4.17. The van der Waals surface area contributed by atoms with Crippen LogP contribution >= 0.6 is 27.5 Å². The molecule has 5 heteroatoms. The van der Waals surface area contributed by atoms with Gasteiger partial charge in [-0.3, -0.25) is 0 Å². The number of rotatable bonds is 5. The van der Waals surface area contributed by atoms with Crippen LogP contribution in [0.1, 0.15) is 11.1 Å². The highest BCUT2D eigenvalue weighted by atomic mass is 79.9. The third-order valence-electron chi connectivity index (χ3n) is 2.78. The van der Waals surface area contributed by atoms with Gasteiger partial charge in [0, 0.05) is 21.1 Å². The lowest BCUT2D eigenvalue weighted by atomic mass is 10.2. The number of hydrogen-bond donors (Lipinski definition) is 1. The molecule has 0 aliphatic rings. The van der Waals surface area contributed by atoms with E-state index in [4.69, 9.17) is 21.1 Å². The number of halogens is 2. The van der Waals surface area contributed by atoms with E-state index >= 15 is 0 Å². The summed E-state index contributed by atoms with van der Waals surface area (Å²) in [4.78, 5) is 0. The van der Waals surface area contributed by atoms with Crippen LogP contribution in [0.5, 0.6) is 11.5 Å². The van der Waals surface area contributed by atoms with E-state index in [0.29, 0.717) is 28.7 Å². The number of methoxy groups -OCH3 is 1. The van der Waals surface area contributed by atoms with Crippen molar-refractivity contribution in [3.63, 3.8) is 0 Å². The smallest absolute Gasteiger partial charge is 0.167 e. The van der Waals surface area contributed by atoms with Crippen LogP contribution in [0.4, 0.5) is 0 Å². The topological polar surface area (TPSA) is 38.7 Å². The van der Waals surface area contributed by atoms with Gasteiger partial charge < -0.3 is 14.6 Å². The van der Waals surface area contributed by atoms with Crippen LogP contribution in [0, 0.1) is 0 Å². The van der Waals surface area contributed by atoms with Crippen LogP contribution < -0.4 is 9.47 Å². The molecule has 1 N–H and O–H groups in total. The largest absolute Gasteiger partial charge is 0.493 e. The zero-order valence-corrected chi connectivity index (χ0v) is 13.2. The minimum absolute atomic E-state index is 0.160. The quantitative estimate of drug-likeness (QED) is 0.872. The van der Waals surface area contributed by atoms with Crippen molar-refractivity contribution < 1.29 is 14.6 Å². The first-order chi connectivity index (χ1) is 9.63. The lowest BCUT2D eigenvalue weighted by Gasteiger charge is -2.14. The normalized spacial score (nSPS) is 10.4. The molecule has 0 saturated heterocycles. The van der Waals surface area contributed by atoms with Crippen LogP contribution in [0.15, 0.2) is 40.9 Å². The van der Waals surface area contributed by atoms with Crippen LogP contribution in [0.3, 0.4) is 0 Å². The molecule has 106 valence electrons. The van der Waals surface area contributed by atoms with Gasteiger partial charge in [-0.25, -0.2) is 0 Å². The Morgan fingerprint density at radius 1 is 1.20 bits per heavy atom. The summed E-state index contributed by atoms with van der Waals surface area (Å²) in [5.74, 6) is 1.03. The van der Waals surface area contributed by atoms with Crippen molar-refractivity contribution in [1.29, 1.82) is 0 Å². The van der Waals surface area contributed by atoms with Crippen molar-refractivity contribution >= 4 is 27.5 Å². The molecule has 2 aromatic carbocycles. The molecule has 3 nitrogen and oxygen atoms in total.